The maximum absolute atomic E-state index is 6.55. The van der Waals surface area contributed by atoms with Gasteiger partial charge in [0.25, 0.3) is 0 Å². The predicted molar refractivity (Wildman–Crippen MR) is 182 cm³/mol. The van der Waals surface area contributed by atoms with Crippen molar-refractivity contribution in [1.82, 2.24) is 0 Å². The maximum Gasteiger partial charge on any atom is 0.136 e. The first-order valence-corrected chi connectivity index (χ1v) is 16.7. The number of benzene rings is 5. The fourth-order valence-electron chi connectivity index (χ4n) is 8.95. The highest BCUT2D eigenvalue weighted by Crippen LogP contribution is 2.48. The van der Waals surface area contributed by atoms with Crippen molar-refractivity contribution in [1.29, 1.82) is 0 Å². The van der Waals surface area contributed by atoms with E-state index in [9.17, 15) is 0 Å². The van der Waals surface area contributed by atoms with Gasteiger partial charge >= 0.3 is 0 Å². The zero-order chi connectivity index (χ0) is 29.1. The molecule has 2 heteroatoms. The topological polar surface area (TPSA) is 26.3 Å². The van der Waals surface area contributed by atoms with Crippen LogP contribution in [0.2, 0.25) is 0 Å². The Kier molecular flexibility index (Phi) is 6.01. The second-order valence-corrected chi connectivity index (χ2v) is 13.5. The number of furan rings is 2. The van der Waals surface area contributed by atoms with E-state index in [1.807, 2.05) is 0 Å². The summed E-state index contributed by atoms with van der Waals surface area (Å²) in [5, 5.41) is 4.65. The minimum atomic E-state index is 0.0605. The van der Waals surface area contributed by atoms with E-state index in [2.05, 4.69) is 109 Å². The van der Waals surface area contributed by atoms with E-state index in [0.717, 1.165) is 33.1 Å². The van der Waals surface area contributed by atoms with E-state index in [-0.39, 0.29) is 10.8 Å². The zero-order valence-corrected chi connectivity index (χ0v) is 25.3. The Morgan fingerprint density at radius 2 is 0.727 bits per heavy atom. The molecule has 7 aromatic rings. The molecular weight excluding hydrogens is 536 g/mol. The number of hydrogen-bond donors (Lipinski definition) is 0. The van der Waals surface area contributed by atoms with E-state index in [4.69, 9.17) is 8.83 Å². The Labute approximate surface area is 258 Å². The second-order valence-electron chi connectivity index (χ2n) is 13.5. The molecule has 0 aliphatic heterocycles. The molecule has 2 aliphatic rings. The Morgan fingerprint density at radius 3 is 1.14 bits per heavy atom. The van der Waals surface area contributed by atoms with E-state index >= 15 is 0 Å². The normalized spacial score (nSPS) is 18.4. The summed E-state index contributed by atoms with van der Waals surface area (Å²) in [4.78, 5) is 0. The number of fused-ring (bicyclic) bond motifs is 6. The summed E-state index contributed by atoms with van der Waals surface area (Å²) < 4.78 is 13.1. The first-order valence-electron chi connectivity index (χ1n) is 16.7. The van der Waals surface area contributed by atoms with Crippen LogP contribution in [-0.4, -0.2) is 0 Å². The average molecular weight is 575 g/mol. The van der Waals surface area contributed by atoms with Crippen molar-refractivity contribution in [2.45, 2.75) is 75.0 Å². The van der Waals surface area contributed by atoms with Gasteiger partial charge in [-0.05, 0) is 84.3 Å². The molecule has 0 saturated heterocycles. The van der Waals surface area contributed by atoms with Gasteiger partial charge in [0, 0.05) is 32.4 Å². The van der Waals surface area contributed by atoms with Gasteiger partial charge in [-0.15, -0.1) is 0 Å². The zero-order valence-electron chi connectivity index (χ0n) is 25.3. The molecule has 0 unspecified atom stereocenters. The van der Waals surface area contributed by atoms with Crippen LogP contribution in [-0.2, 0) is 10.8 Å². The van der Waals surface area contributed by atoms with Crippen LogP contribution in [0.1, 0.15) is 86.5 Å². The standard InChI is InChI=1S/C42H38O2/c1-5-13-29(14-6-1)41(21-9-3-10-22-41)31-17-19-37-33(25-31)35-27-40-36(28-39(35)43-37)34-26-32(18-20-38(34)44-40)42(23-11-4-12-24-42)30-15-7-2-8-16-30/h1-2,5-8,13-20,25-28H,3-4,9-12,21-24H2. The van der Waals surface area contributed by atoms with Crippen molar-refractivity contribution >= 4 is 43.9 Å². The number of rotatable bonds is 4. The van der Waals surface area contributed by atoms with Gasteiger partial charge in [0.2, 0.25) is 0 Å². The van der Waals surface area contributed by atoms with Gasteiger partial charge in [0.05, 0.1) is 0 Å². The third kappa shape index (κ3) is 3.93. The summed E-state index contributed by atoms with van der Waals surface area (Å²) in [5.41, 5.74) is 9.59. The van der Waals surface area contributed by atoms with Gasteiger partial charge in [0.15, 0.2) is 0 Å². The monoisotopic (exact) mass is 574 g/mol. The molecule has 44 heavy (non-hydrogen) atoms. The van der Waals surface area contributed by atoms with E-state index in [1.54, 1.807) is 0 Å². The molecule has 218 valence electrons. The van der Waals surface area contributed by atoms with Crippen molar-refractivity contribution < 1.29 is 8.83 Å². The fraction of sp³-hybridized carbons (Fsp3) is 0.286. The van der Waals surface area contributed by atoms with Crippen LogP contribution in [0, 0.1) is 0 Å². The van der Waals surface area contributed by atoms with Crippen LogP contribution < -0.4 is 0 Å². The van der Waals surface area contributed by atoms with Gasteiger partial charge in [0.1, 0.15) is 22.3 Å². The van der Waals surface area contributed by atoms with E-state index in [1.165, 1.54) is 97.2 Å². The SMILES string of the molecule is c1ccc(C2(c3ccc4oc5cc6c(cc5c4c3)oc3ccc(C4(c5ccccc5)CCCCC4)cc36)CCCCC2)cc1. The van der Waals surface area contributed by atoms with Crippen LogP contribution in [0.3, 0.4) is 0 Å². The molecule has 2 saturated carbocycles. The largest absolute Gasteiger partial charge is 0.456 e. The summed E-state index contributed by atoms with van der Waals surface area (Å²) in [6.07, 6.45) is 12.5. The average Bonchev–Trinajstić information content (AvgIpc) is 3.65. The quantitative estimate of drug-likeness (QED) is 0.209. The molecule has 2 fully saturated rings. The van der Waals surface area contributed by atoms with Crippen molar-refractivity contribution in [3.63, 3.8) is 0 Å². The molecule has 2 nitrogen and oxygen atoms in total. The van der Waals surface area contributed by atoms with Crippen molar-refractivity contribution in [2.75, 3.05) is 0 Å². The predicted octanol–water partition coefficient (Wildman–Crippen LogP) is 12.0. The molecule has 0 spiro atoms. The lowest BCUT2D eigenvalue weighted by atomic mass is 9.65. The molecule has 9 rings (SSSR count). The van der Waals surface area contributed by atoms with Crippen molar-refractivity contribution in [3.05, 3.63) is 131 Å². The highest BCUT2D eigenvalue weighted by molar-refractivity contribution is 6.15. The smallest absolute Gasteiger partial charge is 0.136 e. The summed E-state index contributed by atoms with van der Waals surface area (Å²) in [6, 6.07) is 40.7. The molecule has 2 heterocycles. The highest BCUT2D eigenvalue weighted by Gasteiger charge is 2.37. The van der Waals surface area contributed by atoms with Crippen molar-refractivity contribution in [3.8, 4) is 0 Å². The molecule has 2 aliphatic carbocycles. The fourth-order valence-corrected chi connectivity index (χ4v) is 8.95. The van der Waals surface area contributed by atoms with Crippen LogP contribution in [0.5, 0.6) is 0 Å². The van der Waals surface area contributed by atoms with Gasteiger partial charge in [-0.25, -0.2) is 0 Å². The van der Waals surface area contributed by atoms with Crippen LogP contribution in [0.25, 0.3) is 43.9 Å². The van der Waals surface area contributed by atoms with Crippen LogP contribution in [0.15, 0.2) is 118 Å². The summed E-state index contributed by atoms with van der Waals surface area (Å²) in [5.74, 6) is 0. The third-order valence-electron chi connectivity index (χ3n) is 11.2. The minimum absolute atomic E-state index is 0.0605. The molecule has 0 N–H and O–H groups in total. The lowest BCUT2D eigenvalue weighted by Gasteiger charge is -2.38. The van der Waals surface area contributed by atoms with E-state index in [0.29, 0.717) is 0 Å². The molecule has 0 bridgehead atoms. The Morgan fingerprint density at radius 1 is 0.341 bits per heavy atom. The highest BCUT2D eigenvalue weighted by atomic mass is 16.3. The van der Waals surface area contributed by atoms with Crippen LogP contribution in [0.4, 0.5) is 0 Å². The molecule has 0 atom stereocenters. The molecule has 2 aromatic heterocycles. The maximum atomic E-state index is 6.55. The summed E-state index contributed by atoms with van der Waals surface area (Å²) in [6.45, 7) is 0. The summed E-state index contributed by atoms with van der Waals surface area (Å²) >= 11 is 0. The third-order valence-corrected chi connectivity index (χ3v) is 11.2. The molecule has 0 amide bonds. The Balaban J connectivity index is 1.20. The van der Waals surface area contributed by atoms with Crippen molar-refractivity contribution in [2.24, 2.45) is 0 Å². The molecule has 0 radical (unpaired) electrons. The number of hydrogen-bond acceptors (Lipinski definition) is 2. The molecule has 5 aromatic carbocycles. The van der Waals surface area contributed by atoms with Gasteiger partial charge in [-0.1, -0.05) is 111 Å². The summed E-state index contributed by atoms with van der Waals surface area (Å²) in [7, 11) is 0. The van der Waals surface area contributed by atoms with Gasteiger partial charge in [-0.2, -0.15) is 0 Å². The van der Waals surface area contributed by atoms with Gasteiger partial charge in [-0.3, -0.25) is 0 Å². The first kappa shape index (κ1) is 26.1. The molecular formula is C42H38O2. The first-order chi connectivity index (χ1) is 21.7. The Hall–Kier alpha value is -4.30. The van der Waals surface area contributed by atoms with Gasteiger partial charge < -0.3 is 8.83 Å². The Bertz CT molecular complexity index is 1960. The lowest BCUT2D eigenvalue weighted by Crippen LogP contribution is -2.30. The van der Waals surface area contributed by atoms with E-state index < -0.39 is 0 Å². The second kappa shape index (κ2) is 10.1. The lowest BCUT2D eigenvalue weighted by molar-refractivity contribution is 0.346. The van der Waals surface area contributed by atoms with Crippen LogP contribution >= 0.6 is 0 Å². The minimum Gasteiger partial charge on any atom is -0.456 e.